The number of nitrogens with zero attached hydrogens (tertiary/aromatic N) is 3. The van der Waals surface area contributed by atoms with E-state index >= 15 is 0 Å². The van der Waals surface area contributed by atoms with Crippen molar-refractivity contribution in [3.05, 3.63) is 64.0 Å². The number of hydrogen-bond acceptors (Lipinski definition) is 5. The van der Waals surface area contributed by atoms with Gasteiger partial charge in [-0.25, -0.2) is 0 Å². The SMILES string of the molecule is O=C(c1cc(-c2ccco2)[nH]n1)N1CCc2ccc([N+](=O)[O-])cc21. The average Bonchev–Trinajstić information content (AvgIpc) is 3.31. The molecule has 3 aromatic rings. The maximum absolute atomic E-state index is 12.7. The number of H-pyrrole nitrogens is 1. The van der Waals surface area contributed by atoms with Crippen LogP contribution in [0.25, 0.3) is 11.5 Å². The van der Waals surface area contributed by atoms with E-state index in [9.17, 15) is 14.9 Å². The molecule has 0 saturated heterocycles. The molecule has 1 N–H and O–H groups in total. The van der Waals surface area contributed by atoms with Crippen LogP contribution in [0.1, 0.15) is 16.1 Å². The fourth-order valence-electron chi connectivity index (χ4n) is 2.82. The molecule has 4 rings (SSSR count). The third-order valence-electron chi connectivity index (χ3n) is 4.00. The fourth-order valence-corrected chi connectivity index (χ4v) is 2.82. The molecular formula is C16H12N4O4. The molecule has 3 heterocycles. The van der Waals surface area contributed by atoms with E-state index in [0.717, 1.165) is 5.56 Å². The highest BCUT2D eigenvalue weighted by molar-refractivity contribution is 6.06. The topological polar surface area (TPSA) is 105 Å². The van der Waals surface area contributed by atoms with Gasteiger partial charge in [0.15, 0.2) is 11.5 Å². The maximum Gasteiger partial charge on any atom is 0.278 e. The molecule has 8 nitrogen and oxygen atoms in total. The van der Waals surface area contributed by atoms with Gasteiger partial charge in [0.1, 0.15) is 5.69 Å². The van der Waals surface area contributed by atoms with Crippen molar-refractivity contribution in [2.24, 2.45) is 0 Å². The number of benzene rings is 1. The second-order valence-corrected chi connectivity index (χ2v) is 5.42. The highest BCUT2D eigenvalue weighted by atomic mass is 16.6. The molecule has 0 bridgehead atoms. The van der Waals surface area contributed by atoms with Gasteiger partial charge in [-0.3, -0.25) is 20.0 Å². The summed E-state index contributed by atoms with van der Waals surface area (Å²) in [6.07, 6.45) is 2.20. The third kappa shape index (κ3) is 2.24. The molecule has 1 aliphatic rings. The first-order chi connectivity index (χ1) is 11.6. The monoisotopic (exact) mass is 324 g/mol. The van der Waals surface area contributed by atoms with Crippen LogP contribution in [-0.4, -0.2) is 27.6 Å². The number of non-ortho nitro benzene ring substituents is 1. The number of rotatable bonds is 3. The van der Waals surface area contributed by atoms with Crippen molar-refractivity contribution < 1.29 is 14.1 Å². The minimum Gasteiger partial charge on any atom is -0.463 e. The van der Waals surface area contributed by atoms with Gasteiger partial charge in [-0.05, 0) is 24.1 Å². The Morgan fingerprint density at radius 2 is 2.21 bits per heavy atom. The van der Waals surface area contributed by atoms with Crippen LogP contribution in [0.5, 0.6) is 0 Å². The molecule has 120 valence electrons. The number of nitro groups is 1. The molecule has 1 amide bonds. The summed E-state index contributed by atoms with van der Waals surface area (Å²) in [6, 6.07) is 9.69. The third-order valence-corrected chi connectivity index (χ3v) is 4.00. The quantitative estimate of drug-likeness (QED) is 0.589. The Morgan fingerprint density at radius 3 is 2.96 bits per heavy atom. The van der Waals surface area contributed by atoms with Gasteiger partial charge < -0.3 is 9.32 Å². The molecule has 0 saturated carbocycles. The van der Waals surface area contributed by atoms with E-state index < -0.39 is 4.92 Å². The lowest BCUT2D eigenvalue weighted by Crippen LogP contribution is -2.29. The zero-order valence-electron chi connectivity index (χ0n) is 12.4. The van der Waals surface area contributed by atoms with E-state index in [1.165, 1.54) is 23.3 Å². The van der Waals surface area contributed by atoms with E-state index in [4.69, 9.17) is 4.42 Å². The number of carbonyl (C=O) groups excluding carboxylic acids is 1. The number of aromatic nitrogens is 2. The second-order valence-electron chi connectivity index (χ2n) is 5.42. The normalized spacial score (nSPS) is 13.1. The van der Waals surface area contributed by atoms with Gasteiger partial charge in [0, 0.05) is 24.7 Å². The van der Waals surface area contributed by atoms with E-state index in [1.54, 1.807) is 24.3 Å². The summed E-state index contributed by atoms with van der Waals surface area (Å²) in [5, 5.41) is 17.8. The molecule has 0 aliphatic carbocycles. The largest absolute Gasteiger partial charge is 0.463 e. The Kier molecular flexibility index (Phi) is 3.16. The summed E-state index contributed by atoms with van der Waals surface area (Å²) in [6.45, 7) is 0.471. The zero-order chi connectivity index (χ0) is 16.7. The summed E-state index contributed by atoms with van der Waals surface area (Å²) in [4.78, 5) is 24.7. The number of anilines is 1. The lowest BCUT2D eigenvalue weighted by Gasteiger charge is -2.15. The van der Waals surface area contributed by atoms with Crippen molar-refractivity contribution in [3.8, 4) is 11.5 Å². The van der Waals surface area contributed by atoms with Gasteiger partial charge in [0.2, 0.25) is 0 Å². The molecule has 0 fully saturated rings. The Bertz CT molecular complexity index is 929. The molecule has 0 radical (unpaired) electrons. The lowest BCUT2D eigenvalue weighted by molar-refractivity contribution is -0.384. The number of hydrogen-bond donors (Lipinski definition) is 1. The molecule has 2 aromatic heterocycles. The van der Waals surface area contributed by atoms with Gasteiger partial charge in [-0.15, -0.1) is 0 Å². The first-order valence-electron chi connectivity index (χ1n) is 7.32. The summed E-state index contributed by atoms with van der Waals surface area (Å²) in [7, 11) is 0. The zero-order valence-corrected chi connectivity index (χ0v) is 12.4. The second kappa shape index (κ2) is 5.34. The number of carbonyl (C=O) groups is 1. The highest BCUT2D eigenvalue weighted by Crippen LogP contribution is 2.32. The number of furan rings is 1. The molecule has 0 unspecified atom stereocenters. The van der Waals surface area contributed by atoms with Crippen molar-refractivity contribution in [1.29, 1.82) is 0 Å². The van der Waals surface area contributed by atoms with Crippen LogP contribution in [0.2, 0.25) is 0 Å². The number of nitrogens with one attached hydrogen (secondary N) is 1. The van der Waals surface area contributed by atoms with Gasteiger partial charge in [0.05, 0.1) is 16.9 Å². The molecule has 1 aliphatic heterocycles. The minimum atomic E-state index is -0.467. The number of aromatic amines is 1. The number of nitro benzene ring substituents is 1. The standard InChI is InChI=1S/C16H12N4O4/c21-16(13-9-12(17-18-13)15-2-1-7-24-15)19-6-5-10-3-4-11(20(22)23)8-14(10)19/h1-4,7-9H,5-6H2,(H,17,18). The highest BCUT2D eigenvalue weighted by Gasteiger charge is 2.29. The maximum atomic E-state index is 12.7. The smallest absolute Gasteiger partial charge is 0.278 e. The van der Waals surface area contributed by atoms with Crippen molar-refractivity contribution in [2.45, 2.75) is 6.42 Å². The Labute approximate surface area is 135 Å². The van der Waals surface area contributed by atoms with E-state index in [0.29, 0.717) is 30.1 Å². The van der Waals surface area contributed by atoms with Gasteiger partial charge in [0.25, 0.3) is 11.6 Å². The van der Waals surface area contributed by atoms with Crippen LogP contribution in [0, 0.1) is 10.1 Å². The predicted molar refractivity (Wildman–Crippen MR) is 84.8 cm³/mol. The van der Waals surface area contributed by atoms with E-state index in [2.05, 4.69) is 10.2 Å². The van der Waals surface area contributed by atoms with Gasteiger partial charge in [-0.1, -0.05) is 6.07 Å². The summed E-state index contributed by atoms with van der Waals surface area (Å²) in [5.74, 6) is 0.280. The first-order valence-corrected chi connectivity index (χ1v) is 7.32. The van der Waals surface area contributed by atoms with Crippen molar-refractivity contribution >= 4 is 17.3 Å². The van der Waals surface area contributed by atoms with E-state index in [1.807, 2.05) is 0 Å². The van der Waals surface area contributed by atoms with Gasteiger partial charge in [-0.2, -0.15) is 5.10 Å². The molecule has 8 heteroatoms. The van der Waals surface area contributed by atoms with E-state index in [-0.39, 0.29) is 17.3 Å². The Hall–Kier alpha value is -3.42. The average molecular weight is 324 g/mol. The summed E-state index contributed by atoms with van der Waals surface area (Å²) >= 11 is 0. The molecule has 0 atom stereocenters. The Balaban J connectivity index is 1.65. The number of fused-ring (bicyclic) bond motifs is 1. The van der Waals surface area contributed by atoms with Crippen LogP contribution in [-0.2, 0) is 6.42 Å². The van der Waals surface area contributed by atoms with Gasteiger partial charge >= 0.3 is 0 Å². The van der Waals surface area contributed by atoms with Crippen molar-refractivity contribution in [1.82, 2.24) is 10.2 Å². The first kappa shape index (κ1) is 14.2. The molecule has 1 aromatic carbocycles. The van der Waals surface area contributed by atoms with Crippen LogP contribution < -0.4 is 4.90 Å². The van der Waals surface area contributed by atoms with Crippen molar-refractivity contribution in [2.75, 3.05) is 11.4 Å². The molecule has 24 heavy (non-hydrogen) atoms. The summed E-state index contributed by atoms with van der Waals surface area (Å²) < 4.78 is 5.27. The van der Waals surface area contributed by atoms with Crippen LogP contribution in [0.3, 0.4) is 0 Å². The lowest BCUT2D eigenvalue weighted by atomic mass is 10.1. The fraction of sp³-hybridized carbons (Fsp3) is 0.125. The van der Waals surface area contributed by atoms with Crippen LogP contribution in [0.4, 0.5) is 11.4 Å². The number of amides is 1. The predicted octanol–water partition coefficient (Wildman–Crippen LogP) is 2.78. The Morgan fingerprint density at radius 1 is 1.33 bits per heavy atom. The van der Waals surface area contributed by atoms with Crippen molar-refractivity contribution in [3.63, 3.8) is 0 Å². The van der Waals surface area contributed by atoms with Crippen LogP contribution in [0.15, 0.2) is 47.1 Å². The molecule has 0 spiro atoms. The minimum absolute atomic E-state index is 0.0354. The van der Waals surface area contributed by atoms with Crippen LogP contribution >= 0.6 is 0 Å². The summed E-state index contributed by atoms with van der Waals surface area (Å²) in [5.41, 5.74) is 2.28. The molecular weight excluding hydrogens is 312 g/mol.